The Bertz CT molecular complexity index is 272. The number of rotatable bonds is 3. The first kappa shape index (κ1) is 16.7. The number of aryl methyl sites for hydroxylation is 1. The van der Waals surface area contributed by atoms with Crippen molar-refractivity contribution in [1.82, 2.24) is 10.6 Å². The number of hydrogen-bond acceptors (Lipinski definition) is 2. The average molecular weight is 277 g/mol. The van der Waals surface area contributed by atoms with Crippen LogP contribution in [0, 0.1) is 0 Å². The van der Waals surface area contributed by atoms with Gasteiger partial charge in [-0.15, -0.1) is 24.8 Å². The highest BCUT2D eigenvalue weighted by atomic mass is 35.5. The maximum absolute atomic E-state index is 3.59. The Morgan fingerprint density at radius 3 is 2.59 bits per heavy atom. The van der Waals surface area contributed by atoms with E-state index in [4.69, 9.17) is 0 Å². The minimum absolute atomic E-state index is 0. The molecule has 0 spiro atoms. The van der Waals surface area contributed by atoms with Gasteiger partial charge in [0, 0.05) is 12.6 Å². The fraction of sp³-hybridized carbons (Fsp3) is 0.538. The predicted octanol–water partition coefficient (Wildman–Crippen LogP) is 2.41. The van der Waals surface area contributed by atoms with Gasteiger partial charge >= 0.3 is 0 Å². The van der Waals surface area contributed by atoms with E-state index >= 15 is 0 Å². The Morgan fingerprint density at radius 1 is 1.06 bits per heavy atom. The highest BCUT2D eigenvalue weighted by Gasteiger charge is 2.10. The molecule has 1 fully saturated rings. The lowest BCUT2D eigenvalue weighted by molar-refractivity contribution is 0.494. The van der Waals surface area contributed by atoms with Crippen molar-refractivity contribution in [2.24, 2.45) is 0 Å². The van der Waals surface area contributed by atoms with E-state index in [-0.39, 0.29) is 24.8 Å². The average Bonchev–Trinajstić information content (AvgIpc) is 2.56. The lowest BCUT2D eigenvalue weighted by Crippen LogP contribution is -2.35. The van der Waals surface area contributed by atoms with Crippen molar-refractivity contribution in [2.45, 2.75) is 25.3 Å². The molecular formula is C13H22Cl2N2. The van der Waals surface area contributed by atoms with Crippen LogP contribution in [0.3, 0.4) is 0 Å². The fourth-order valence-electron chi connectivity index (χ4n) is 2.06. The molecular weight excluding hydrogens is 255 g/mol. The van der Waals surface area contributed by atoms with E-state index in [1.54, 1.807) is 0 Å². The molecule has 1 aliphatic rings. The number of halogens is 2. The lowest BCUT2D eigenvalue weighted by atomic mass is 10.1. The Labute approximate surface area is 116 Å². The molecule has 0 radical (unpaired) electrons. The molecule has 0 aliphatic carbocycles. The van der Waals surface area contributed by atoms with Gasteiger partial charge in [0.25, 0.3) is 0 Å². The minimum Gasteiger partial charge on any atom is -0.315 e. The molecule has 1 aromatic carbocycles. The maximum Gasteiger partial charge on any atom is 0.0195 e. The van der Waals surface area contributed by atoms with Gasteiger partial charge in [-0.25, -0.2) is 0 Å². The first-order valence-electron chi connectivity index (χ1n) is 5.93. The fourth-order valence-corrected chi connectivity index (χ4v) is 2.06. The molecule has 1 aromatic rings. The third-order valence-electron chi connectivity index (χ3n) is 2.98. The van der Waals surface area contributed by atoms with Gasteiger partial charge in [-0.05, 0) is 37.9 Å². The summed E-state index contributed by atoms with van der Waals surface area (Å²) in [6.07, 6.45) is 3.67. The van der Waals surface area contributed by atoms with Crippen molar-refractivity contribution in [1.29, 1.82) is 0 Å². The van der Waals surface area contributed by atoms with E-state index in [1.807, 2.05) is 0 Å². The second kappa shape index (κ2) is 9.72. The molecule has 0 saturated carbocycles. The summed E-state index contributed by atoms with van der Waals surface area (Å²) in [6, 6.07) is 11.4. The first-order chi connectivity index (χ1) is 7.45. The van der Waals surface area contributed by atoms with Crippen molar-refractivity contribution < 1.29 is 0 Å². The van der Waals surface area contributed by atoms with Gasteiger partial charge in [0.05, 0.1) is 0 Å². The van der Waals surface area contributed by atoms with Crippen LogP contribution >= 0.6 is 24.8 Å². The Morgan fingerprint density at radius 2 is 1.82 bits per heavy atom. The summed E-state index contributed by atoms with van der Waals surface area (Å²) in [4.78, 5) is 0. The minimum atomic E-state index is 0. The molecule has 0 aromatic heterocycles. The van der Waals surface area contributed by atoms with E-state index in [2.05, 4.69) is 41.0 Å². The largest absolute Gasteiger partial charge is 0.315 e. The van der Waals surface area contributed by atoms with E-state index in [0.717, 1.165) is 19.6 Å². The Balaban J connectivity index is 0.00000128. The molecule has 1 saturated heterocycles. The van der Waals surface area contributed by atoms with Crippen LogP contribution in [0.25, 0.3) is 0 Å². The van der Waals surface area contributed by atoms with Gasteiger partial charge < -0.3 is 10.6 Å². The third kappa shape index (κ3) is 6.27. The van der Waals surface area contributed by atoms with Gasteiger partial charge in [0.1, 0.15) is 0 Å². The van der Waals surface area contributed by atoms with Gasteiger partial charge in [-0.2, -0.15) is 0 Å². The van der Waals surface area contributed by atoms with E-state index < -0.39 is 0 Å². The van der Waals surface area contributed by atoms with Gasteiger partial charge in [-0.1, -0.05) is 30.3 Å². The summed E-state index contributed by atoms with van der Waals surface area (Å²) in [5, 5.41) is 7.06. The zero-order valence-corrected chi connectivity index (χ0v) is 11.7. The van der Waals surface area contributed by atoms with Crippen LogP contribution in [0.1, 0.15) is 18.4 Å². The SMILES string of the molecule is Cl.Cl.c1ccc(CCC2CNCCCN2)cc1. The molecule has 1 heterocycles. The van der Waals surface area contributed by atoms with Gasteiger partial charge in [-0.3, -0.25) is 0 Å². The zero-order valence-electron chi connectivity index (χ0n) is 10.0. The number of nitrogens with one attached hydrogen (secondary N) is 2. The van der Waals surface area contributed by atoms with Crippen molar-refractivity contribution in [3.8, 4) is 0 Å². The molecule has 4 heteroatoms. The smallest absolute Gasteiger partial charge is 0.0195 e. The second-order valence-corrected chi connectivity index (χ2v) is 4.23. The normalized spacial score (nSPS) is 19.6. The topological polar surface area (TPSA) is 24.1 Å². The summed E-state index contributed by atoms with van der Waals surface area (Å²) in [6.45, 7) is 3.44. The number of benzene rings is 1. The van der Waals surface area contributed by atoms with Crippen molar-refractivity contribution >= 4 is 24.8 Å². The van der Waals surface area contributed by atoms with Crippen LogP contribution in [0.15, 0.2) is 30.3 Å². The molecule has 0 bridgehead atoms. The van der Waals surface area contributed by atoms with Crippen LogP contribution in [0.4, 0.5) is 0 Å². The van der Waals surface area contributed by atoms with Crippen molar-refractivity contribution in [2.75, 3.05) is 19.6 Å². The molecule has 1 atom stereocenters. The molecule has 2 N–H and O–H groups in total. The molecule has 2 rings (SSSR count). The summed E-state index contributed by atoms with van der Waals surface area (Å²) in [5.74, 6) is 0. The van der Waals surface area contributed by atoms with E-state index in [1.165, 1.54) is 24.8 Å². The zero-order chi connectivity index (χ0) is 10.3. The number of hydrogen-bond donors (Lipinski definition) is 2. The molecule has 98 valence electrons. The Hall–Kier alpha value is -0.280. The summed E-state index contributed by atoms with van der Waals surface area (Å²) < 4.78 is 0. The van der Waals surface area contributed by atoms with Crippen LogP contribution in [0.2, 0.25) is 0 Å². The van der Waals surface area contributed by atoms with Crippen molar-refractivity contribution in [3.63, 3.8) is 0 Å². The van der Waals surface area contributed by atoms with Gasteiger partial charge in [0.2, 0.25) is 0 Å². The van der Waals surface area contributed by atoms with Crippen molar-refractivity contribution in [3.05, 3.63) is 35.9 Å². The second-order valence-electron chi connectivity index (χ2n) is 4.23. The first-order valence-corrected chi connectivity index (χ1v) is 5.93. The van der Waals surface area contributed by atoms with Crippen LogP contribution in [-0.2, 0) is 6.42 Å². The summed E-state index contributed by atoms with van der Waals surface area (Å²) in [5.41, 5.74) is 1.45. The van der Waals surface area contributed by atoms with Gasteiger partial charge in [0.15, 0.2) is 0 Å². The third-order valence-corrected chi connectivity index (χ3v) is 2.98. The standard InChI is InChI=1S/C13H20N2.2ClH/c1-2-5-12(6-3-1)7-8-13-11-14-9-4-10-15-13;;/h1-3,5-6,13-15H,4,7-11H2;2*1H. The van der Waals surface area contributed by atoms with E-state index in [9.17, 15) is 0 Å². The maximum atomic E-state index is 3.59. The van der Waals surface area contributed by atoms with Crippen LogP contribution in [0.5, 0.6) is 0 Å². The monoisotopic (exact) mass is 276 g/mol. The van der Waals surface area contributed by atoms with E-state index in [0.29, 0.717) is 6.04 Å². The molecule has 1 unspecified atom stereocenters. The van der Waals surface area contributed by atoms with Crippen LogP contribution < -0.4 is 10.6 Å². The molecule has 1 aliphatic heterocycles. The molecule has 2 nitrogen and oxygen atoms in total. The predicted molar refractivity (Wildman–Crippen MR) is 78.5 cm³/mol. The highest BCUT2D eigenvalue weighted by Crippen LogP contribution is 2.05. The summed E-state index contributed by atoms with van der Waals surface area (Å²) in [7, 11) is 0. The lowest BCUT2D eigenvalue weighted by Gasteiger charge is -2.15. The summed E-state index contributed by atoms with van der Waals surface area (Å²) >= 11 is 0. The molecule has 17 heavy (non-hydrogen) atoms. The Kier molecular flexibility index (Phi) is 9.56. The molecule has 0 amide bonds. The quantitative estimate of drug-likeness (QED) is 0.886. The van der Waals surface area contributed by atoms with Crippen LogP contribution in [-0.4, -0.2) is 25.7 Å². The highest BCUT2D eigenvalue weighted by molar-refractivity contribution is 5.85.